The fourth-order valence-electron chi connectivity index (χ4n) is 2.15. The van der Waals surface area contributed by atoms with Crippen LogP contribution in [0.25, 0.3) is 0 Å². The number of pyridine rings is 1. The molecule has 0 radical (unpaired) electrons. The highest BCUT2D eigenvalue weighted by Crippen LogP contribution is 2.06. The molecule has 8 heteroatoms. The molecule has 0 atom stereocenters. The Hall–Kier alpha value is -2.23. The second-order valence-electron chi connectivity index (χ2n) is 5.25. The van der Waals surface area contributed by atoms with E-state index in [-0.39, 0.29) is 42.2 Å². The van der Waals surface area contributed by atoms with Crippen LogP contribution in [0.3, 0.4) is 0 Å². The minimum absolute atomic E-state index is 0. The van der Waals surface area contributed by atoms with E-state index < -0.39 is 0 Å². The Labute approximate surface area is 169 Å². The molecule has 0 aliphatic rings. The molecule has 2 aromatic rings. The zero-order chi connectivity index (χ0) is 17.9. The summed E-state index contributed by atoms with van der Waals surface area (Å²) >= 11 is 0. The summed E-state index contributed by atoms with van der Waals surface area (Å²) in [6.45, 7) is 3.08. The number of hydrogen-bond donors (Lipinski definition) is 3. The van der Waals surface area contributed by atoms with E-state index in [0.29, 0.717) is 36.7 Å². The van der Waals surface area contributed by atoms with Gasteiger partial charge in [-0.05, 0) is 37.1 Å². The predicted octanol–water partition coefficient (Wildman–Crippen LogP) is 2.57. The maximum Gasteiger partial charge on any atom is 0.246 e. The van der Waals surface area contributed by atoms with Crippen LogP contribution < -0.4 is 16.0 Å². The van der Waals surface area contributed by atoms with E-state index in [1.54, 1.807) is 42.7 Å². The molecule has 2 rings (SSSR count). The first-order valence-electron chi connectivity index (χ1n) is 8.14. The van der Waals surface area contributed by atoms with Crippen molar-refractivity contribution in [1.29, 1.82) is 0 Å². The Morgan fingerprint density at radius 1 is 1.19 bits per heavy atom. The number of carbonyl (C=O) groups is 1. The monoisotopic (exact) mass is 471 g/mol. The van der Waals surface area contributed by atoms with Crippen LogP contribution in [0.5, 0.6) is 0 Å². The normalized spacial score (nSPS) is 10.6. The molecular formula is C18H23FIN5O. The van der Waals surface area contributed by atoms with Crippen molar-refractivity contribution in [3.8, 4) is 0 Å². The summed E-state index contributed by atoms with van der Waals surface area (Å²) in [5, 5.41) is 8.87. The summed E-state index contributed by atoms with van der Waals surface area (Å²) < 4.78 is 13.6. The lowest BCUT2D eigenvalue weighted by Gasteiger charge is -2.11. The average Bonchev–Trinajstić information content (AvgIpc) is 2.62. The quantitative estimate of drug-likeness (QED) is 0.330. The van der Waals surface area contributed by atoms with E-state index in [9.17, 15) is 9.18 Å². The zero-order valence-corrected chi connectivity index (χ0v) is 16.9. The van der Waals surface area contributed by atoms with E-state index in [1.165, 1.54) is 6.07 Å². The summed E-state index contributed by atoms with van der Waals surface area (Å²) in [7, 11) is 0. The minimum atomic E-state index is -0.237. The smallest absolute Gasteiger partial charge is 0.246 e. The lowest BCUT2D eigenvalue weighted by molar-refractivity contribution is -0.114. The molecule has 0 saturated carbocycles. The number of nitrogens with zero attached hydrogens (tertiary/aromatic N) is 2. The molecule has 1 aromatic heterocycles. The number of halogens is 2. The van der Waals surface area contributed by atoms with Crippen LogP contribution in [0.15, 0.2) is 53.8 Å². The van der Waals surface area contributed by atoms with Crippen LogP contribution in [0.4, 0.5) is 10.1 Å². The number of aliphatic imine (C=N–C) groups is 1. The van der Waals surface area contributed by atoms with Crippen molar-refractivity contribution in [3.63, 3.8) is 0 Å². The molecule has 6 nitrogen and oxygen atoms in total. The van der Waals surface area contributed by atoms with Crippen molar-refractivity contribution >= 4 is 41.5 Å². The molecule has 1 amide bonds. The maximum absolute atomic E-state index is 13.6. The van der Waals surface area contributed by atoms with Gasteiger partial charge in [-0.3, -0.25) is 9.78 Å². The number of rotatable bonds is 7. The second-order valence-corrected chi connectivity index (χ2v) is 5.25. The number of carbonyl (C=O) groups excluding carboxylic acids is 1. The lowest BCUT2D eigenvalue weighted by Crippen LogP contribution is -2.39. The molecule has 0 unspecified atom stereocenters. The number of hydrogen-bond acceptors (Lipinski definition) is 3. The first-order chi connectivity index (χ1) is 12.2. The summed E-state index contributed by atoms with van der Waals surface area (Å²) in [5.74, 6) is 0.0570. The number of anilines is 1. The van der Waals surface area contributed by atoms with Crippen LogP contribution >= 0.6 is 24.0 Å². The number of aromatic nitrogens is 1. The molecule has 1 heterocycles. The number of nitrogens with one attached hydrogen (secondary N) is 3. The highest BCUT2D eigenvalue weighted by atomic mass is 127. The van der Waals surface area contributed by atoms with Gasteiger partial charge in [-0.1, -0.05) is 18.2 Å². The zero-order valence-electron chi connectivity index (χ0n) is 14.5. The van der Waals surface area contributed by atoms with Gasteiger partial charge in [0.15, 0.2) is 5.96 Å². The topological polar surface area (TPSA) is 78.4 Å². The SMILES string of the molecule is CCNC(=NCC(=O)Nc1cccnc1)NCCc1ccccc1F.I. The Morgan fingerprint density at radius 2 is 2.00 bits per heavy atom. The molecule has 0 aliphatic heterocycles. The van der Waals surface area contributed by atoms with E-state index in [0.717, 1.165) is 0 Å². The molecule has 0 aliphatic carbocycles. The molecule has 0 bridgehead atoms. The van der Waals surface area contributed by atoms with Gasteiger partial charge in [-0.15, -0.1) is 24.0 Å². The number of guanidine groups is 1. The summed E-state index contributed by atoms with van der Waals surface area (Å²) in [4.78, 5) is 20.1. The van der Waals surface area contributed by atoms with Gasteiger partial charge < -0.3 is 16.0 Å². The van der Waals surface area contributed by atoms with Crippen LogP contribution in [0.1, 0.15) is 12.5 Å². The number of amides is 1. The van der Waals surface area contributed by atoms with Crippen LogP contribution in [-0.2, 0) is 11.2 Å². The summed E-state index contributed by atoms with van der Waals surface area (Å²) in [6.07, 6.45) is 3.73. The van der Waals surface area contributed by atoms with Gasteiger partial charge in [-0.2, -0.15) is 0 Å². The van der Waals surface area contributed by atoms with Crippen molar-refractivity contribution in [2.75, 3.05) is 25.0 Å². The molecule has 26 heavy (non-hydrogen) atoms. The van der Waals surface area contributed by atoms with Gasteiger partial charge >= 0.3 is 0 Å². The van der Waals surface area contributed by atoms with Gasteiger partial charge in [0.05, 0.1) is 11.9 Å². The average molecular weight is 471 g/mol. The molecule has 0 fully saturated rings. The predicted molar refractivity (Wildman–Crippen MR) is 112 cm³/mol. The van der Waals surface area contributed by atoms with Crippen molar-refractivity contribution in [2.24, 2.45) is 4.99 Å². The molecule has 0 saturated heterocycles. The van der Waals surface area contributed by atoms with Gasteiger partial charge in [0.25, 0.3) is 0 Å². The van der Waals surface area contributed by atoms with Gasteiger partial charge in [0.1, 0.15) is 12.4 Å². The van der Waals surface area contributed by atoms with Crippen molar-refractivity contribution in [3.05, 3.63) is 60.2 Å². The van der Waals surface area contributed by atoms with Crippen LogP contribution in [0, 0.1) is 5.82 Å². The first kappa shape index (κ1) is 21.8. The second kappa shape index (κ2) is 12.2. The van der Waals surface area contributed by atoms with Gasteiger partial charge in [0, 0.05) is 19.3 Å². The Morgan fingerprint density at radius 3 is 2.69 bits per heavy atom. The van der Waals surface area contributed by atoms with Crippen LogP contribution in [0.2, 0.25) is 0 Å². The number of benzene rings is 1. The fourth-order valence-corrected chi connectivity index (χ4v) is 2.15. The van der Waals surface area contributed by atoms with Crippen molar-refractivity contribution in [1.82, 2.24) is 15.6 Å². The molecule has 140 valence electrons. The van der Waals surface area contributed by atoms with Crippen molar-refractivity contribution < 1.29 is 9.18 Å². The highest BCUT2D eigenvalue weighted by Gasteiger charge is 2.04. The van der Waals surface area contributed by atoms with E-state index in [4.69, 9.17) is 0 Å². The third kappa shape index (κ3) is 7.77. The highest BCUT2D eigenvalue weighted by molar-refractivity contribution is 14.0. The maximum atomic E-state index is 13.6. The first-order valence-corrected chi connectivity index (χ1v) is 8.14. The van der Waals surface area contributed by atoms with Crippen LogP contribution in [-0.4, -0.2) is 36.5 Å². The van der Waals surface area contributed by atoms with E-state index in [2.05, 4.69) is 25.9 Å². The molecule has 3 N–H and O–H groups in total. The van der Waals surface area contributed by atoms with E-state index >= 15 is 0 Å². The third-order valence-electron chi connectivity index (χ3n) is 3.31. The fraction of sp³-hybridized carbons (Fsp3) is 0.278. The van der Waals surface area contributed by atoms with Gasteiger partial charge in [0.2, 0.25) is 5.91 Å². The standard InChI is InChI=1S/C18H22FN5O.HI/c1-2-21-18(22-11-9-14-6-3-4-8-16(14)19)23-13-17(25)24-15-7-5-10-20-12-15;/h3-8,10,12H,2,9,11,13H2,1H3,(H,24,25)(H2,21,22,23);1H. The molecular weight excluding hydrogens is 448 g/mol. The summed E-state index contributed by atoms with van der Waals surface area (Å²) in [5.41, 5.74) is 1.26. The van der Waals surface area contributed by atoms with E-state index in [1.807, 2.05) is 6.92 Å². The minimum Gasteiger partial charge on any atom is -0.357 e. The summed E-state index contributed by atoms with van der Waals surface area (Å²) in [6, 6.07) is 10.2. The largest absolute Gasteiger partial charge is 0.357 e. The molecule has 0 spiro atoms. The Balaban J connectivity index is 0.00000338. The van der Waals surface area contributed by atoms with Gasteiger partial charge in [-0.25, -0.2) is 9.38 Å². The Bertz CT molecular complexity index is 712. The molecule has 1 aromatic carbocycles. The third-order valence-corrected chi connectivity index (χ3v) is 3.31. The lowest BCUT2D eigenvalue weighted by atomic mass is 10.1. The Kier molecular flexibility index (Phi) is 10.2. The van der Waals surface area contributed by atoms with Crippen molar-refractivity contribution in [2.45, 2.75) is 13.3 Å².